The van der Waals surface area contributed by atoms with Gasteiger partial charge in [-0.05, 0) is 48.7 Å². The van der Waals surface area contributed by atoms with E-state index in [0.29, 0.717) is 18.2 Å². The quantitative estimate of drug-likeness (QED) is 0.780. The molecule has 0 radical (unpaired) electrons. The summed E-state index contributed by atoms with van der Waals surface area (Å²) in [6.45, 7) is 0.869. The summed E-state index contributed by atoms with van der Waals surface area (Å²) in [6.07, 6.45) is 1.67. The van der Waals surface area contributed by atoms with Gasteiger partial charge in [0.15, 0.2) is 0 Å². The Balaban J connectivity index is 1.50. The maximum Gasteiger partial charge on any atom is 0.230 e. The Morgan fingerprint density at radius 1 is 1.12 bits per heavy atom. The van der Waals surface area contributed by atoms with Crippen LogP contribution in [-0.2, 0) is 10.2 Å². The zero-order chi connectivity index (χ0) is 17.0. The van der Waals surface area contributed by atoms with Gasteiger partial charge in [0, 0.05) is 5.02 Å². The lowest BCUT2D eigenvalue weighted by Gasteiger charge is -2.17. The molecule has 2 aromatic rings. The highest BCUT2D eigenvalue weighted by molar-refractivity contribution is 6.31. The summed E-state index contributed by atoms with van der Waals surface area (Å²) in [5.41, 5.74) is 0.457. The van der Waals surface area contributed by atoms with E-state index in [9.17, 15) is 4.79 Å². The molecule has 5 heteroatoms. The van der Waals surface area contributed by atoms with Crippen molar-refractivity contribution in [1.82, 2.24) is 5.32 Å². The maximum atomic E-state index is 12.5. The number of amides is 1. The van der Waals surface area contributed by atoms with Crippen molar-refractivity contribution in [3.63, 3.8) is 0 Å². The molecule has 1 aliphatic carbocycles. The summed E-state index contributed by atoms with van der Waals surface area (Å²) in [7, 11) is 1.62. The number of rotatable bonds is 7. The molecule has 0 atom stereocenters. The third-order valence-electron chi connectivity index (χ3n) is 4.29. The summed E-state index contributed by atoms with van der Waals surface area (Å²) < 4.78 is 10.7. The molecule has 0 saturated heterocycles. The first kappa shape index (κ1) is 16.7. The van der Waals surface area contributed by atoms with Gasteiger partial charge in [0.25, 0.3) is 0 Å². The first-order valence-corrected chi connectivity index (χ1v) is 8.34. The highest BCUT2D eigenvalue weighted by Crippen LogP contribution is 2.50. The highest BCUT2D eigenvalue weighted by Gasteiger charge is 2.52. The van der Waals surface area contributed by atoms with Gasteiger partial charge in [0.1, 0.15) is 18.1 Å². The number of hydrogen-bond acceptors (Lipinski definition) is 3. The van der Waals surface area contributed by atoms with Crippen molar-refractivity contribution in [2.24, 2.45) is 0 Å². The largest absolute Gasteiger partial charge is 0.497 e. The molecule has 1 N–H and O–H groups in total. The lowest BCUT2D eigenvalue weighted by atomic mass is 9.95. The van der Waals surface area contributed by atoms with Gasteiger partial charge >= 0.3 is 0 Å². The van der Waals surface area contributed by atoms with Crippen molar-refractivity contribution < 1.29 is 14.3 Å². The molecule has 1 amide bonds. The minimum atomic E-state index is -0.460. The third kappa shape index (κ3) is 3.49. The van der Waals surface area contributed by atoms with E-state index < -0.39 is 5.41 Å². The van der Waals surface area contributed by atoms with Crippen LogP contribution in [0.2, 0.25) is 5.02 Å². The average molecular weight is 346 g/mol. The standard InChI is InChI=1S/C19H20ClNO3/c1-23-14-6-8-15(9-7-14)24-13-12-21-18(22)19(10-11-19)16-4-2-3-5-17(16)20/h2-9H,10-13H2,1H3,(H,21,22). The van der Waals surface area contributed by atoms with Crippen LogP contribution in [0.1, 0.15) is 18.4 Å². The van der Waals surface area contributed by atoms with Crippen molar-refractivity contribution in [2.45, 2.75) is 18.3 Å². The fraction of sp³-hybridized carbons (Fsp3) is 0.316. The van der Waals surface area contributed by atoms with E-state index in [-0.39, 0.29) is 5.91 Å². The molecule has 0 bridgehead atoms. The first-order chi connectivity index (χ1) is 11.7. The van der Waals surface area contributed by atoms with E-state index in [1.165, 1.54) is 0 Å². The number of carbonyl (C=O) groups excluding carboxylic acids is 1. The van der Waals surface area contributed by atoms with Crippen molar-refractivity contribution in [3.8, 4) is 11.5 Å². The second-order valence-electron chi connectivity index (χ2n) is 5.84. The second-order valence-corrected chi connectivity index (χ2v) is 6.25. The van der Waals surface area contributed by atoms with E-state index >= 15 is 0 Å². The molecular weight excluding hydrogens is 326 g/mol. The van der Waals surface area contributed by atoms with E-state index in [4.69, 9.17) is 21.1 Å². The zero-order valence-corrected chi connectivity index (χ0v) is 14.3. The van der Waals surface area contributed by atoms with E-state index in [1.54, 1.807) is 7.11 Å². The summed E-state index contributed by atoms with van der Waals surface area (Å²) in [5.74, 6) is 1.55. The average Bonchev–Trinajstić information content (AvgIpc) is 3.41. The number of carbonyl (C=O) groups is 1. The smallest absolute Gasteiger partial charge is 0.230 e. The summed E-state index contributed by atoms with van der Waals surface area (Å²) >= 11 is 6.24. The minimum absolute atomic E-state index is 0.0222. The molecule has 1 aliphatic rings. The molecule has 0 aliphatic heterocycles. The van der Waals surface area contributed by atoms with Crippen LogP contribution in [0, 0.1) is 0 Å². The Labute approximate surface area is 146 Å². The molecule has 126 valence electrons. The maximum absolute atomic E-state index is 12.5. The van der Waals surface area contributed by atoms with Gasteiger partial charge in [-0.15, -0.1) is 0 Å². The topological polar surface area (TPSA) is 47.6 Å². The molecule has 1 saturated carbocycles. The summed E-state index contributed by atoms with van der Waals surface area (Å²) in [4.78, 5) is 12.5. The Morgan fingerprint density at radius 3 is 2.42 bits per heavy atom. The lowest BCUT2D eigenvalue weighted by molar-refractivity contribution is -0.123. The number of methoxy groups -OCH3 is 1. The fourth-order valence-electron chi connectivity index (χ4n) is 2.77. The Bertz CT molecular complexity index is 711. The normalized spacial score (nSPS) is 14.8. The van der Waals surface area contributed by atoms with Crippen LogP contribution < -0.4 is 14.8 Å². The monoisotopic (exact) mass is 345 g/mol. The molecular formula is C19H20ClNO3. The number of halogens is 1. The van der Waals surface area contributed by atoms with Gasteiger partial charge in [-0.25, -0.2) is 0 Å². The predicted molar refractivity (Wildman–Crippen MR) is 93.9 cm³/mol. The number of benzene rings is 2. The van der Waals surface area contributed by atoms with E-state index in [2.05, 4.69) is 5.32 Å². The van der Waals surface area contributed by atoms with Crippen LogP contribution in [0.5, 0.6) is 11.5 Å². The molecule has 3 rings (SSSR count). The van der Waals surface area contributed by atoms with Crippen molar-refractivity contribution in [1.29, 1.82) is 0 Å². The molecule has 0 aromatic heterocycles. The Kier molecular flexibility index (Phi) is 4.95. The van der Waals surface area contributed by atoms with Crippen LogP contribution in [-0.4, -0.2) is 26.2 Å². The summed E-state index contributed by atoms with van der Waals surface area (Å²) in [5, 5.41) is 3.61. The van der Waals surface area contributed by atoms with Crippen LogP contribution in [0.4, 0.5) is 0 Å². The number of ether oxygens (including phenoxy) is 2. The van der Waals surface area contributed by atoms with Crippen molar-refractivity contribution >= 4 is 17.5 Å². The molecule has 0 spiro atoms. The van der Waals surface area contributed by atoms with Gasteiger partial charge in [0.2, 0.25) is 5.91 Å². The van der Waals surface area contributed by atoms with Crippen molar-refractivity contribution in [3.05, 3.63) is 59.1 Å². The number of hydrogen-bond donors (Lipinski definition) is 1. The van der Waals surface area contributed by atoms with E-state index in [1.807, 2.05) is 48.5 Å². The first-order valence-electron chi connectivity index (χ1n) is 7.96. The lowest BCUT2D eigenvalue weighted by Crippen LogP contribution is -2.37. The van der Waals surface area contributed by atoms with Crippen LogP contribution in [0.25, 0.3) is 0 Å². The minimum Gasteiger partial charge on any atom is -0.497 e. The van der Waals surface area contributed by atoms with Crippen LogP contribution in [0.3, 0.4) is 0 Å². The Hall–Kier alpha value is -2.20. The highest BCUT2D eigenvalue weighted by atomic mass is 35.5. The van der Waals surface area contributed by atoms with Crippen LogP contribution >= 0.6 is 11.6 Å². The molecule has 2 aromatic carbocycles. The van der Waals surface area contributed by atoms with Gasteiger partial charge < -0.3 is 14.8 Å². The van der Waals surface area contributed by atoms with Gasteiger partial charge in [0.05, 0.1) is 19.1 Å². The van der Waals surface area contributed by atoms with E-state index in [0.717, 1.165) is 29.9 Å². The predicted octanol–water partition coefficient (Wildman–Crippen LogP) is 3.58. The number of nitrogens with one attached hydrogen (secondary N) is 1. The molecule has 24 heavy (non-hydrogen) atoms. The summed E-state index contributed by atoms with van der Waals surface area (Å²) in [6, 6.07) is 14.9. The van der Waals surface area contributed by atoms with Gasteiger partial charge in [-0.3, -0.25) is 4.79 Å². The molecule has 1 fully saturated rings. The third-order valence-corrected chi connectivity index (χ3v) is 4.62. The fourth-order valence-corrected chi connectivity index (χ4v) is 3.08. The molecule has 4 nitrogen and oxygen atoms in total. The SMILES string of the molecule is COc1ccc(OCCNC(=O)C2(c3ccccc3Cl)CC2)cc1. The van der Waals surface area contributed by atoms with Gasteiger partial charge in [-0.2, -0.15) is 0 Å². The Morgan fingerprint density at radius 2 is 1.79 bits per heavy atom. The van der Waals surface area contributed by atoms with Crippen LogP contribution in [0.15, 0.2) is 48.5 Å². The molecule has 0 unspecified atom stereocenters. The zero-order valence-electron chi connectivity index (χ0n) is 13.5. The second kappa shape index (κ2) is 7.14. The van der Waals surface area contributed by atoms with Crippen molar-refractivity contribution in [2.75, 3.05) is 20.3 Å². The molecule has 0 heterocycles. The van der Waals surface area contributed by atoms with Gasteiger partial charge in [-0.1, -0.05) is 29.8 Å².